The van der Waals surface area contributed by atoms with E-state index in [0.29, 0.717) is 24.6 Å². The van der Waals surface area contributed by atoms with Crippen LogP contribution < -0.4 is 11.1 Å². The van der Waals surface area contributed by atoms with Crippen molar-refractivity contribution >= 4 is 11.9 Å². The molecule has 0 saturated carbocycles. The van der Waals surface area contributed by atoms with Crippen LogP contribution in [0.15, 0.2) is 48.5 Å². The van der Waals surface area contributed by atoms with Gasteiger partial charge in [0.25, 0.3) is 0 Å². The SMILES string of the molecule is CO[C@H](C)c1cc(C(F)(F)F)cc(C(F)(F)F)c1.NC(=O)CN1C[C@@H](CNC(=O)N2CCCCC2)CC[C@H]1c1ccccc1. The Bertz CT molecular complexity index is 1190. The molecule has 0 aromatic heterocycles. The summed E-state index contributed by atoms with van der Waals surface area (Å²) in [6, 6.07) is 12.0. The molecule has 3 amide bonds. The maximum Gasteiger partial charge on any atom is 0.416 e. The van der Waals surface area contributed by atoms with Crippen LogP contribution in [-0.2, 0) is 21.9 Å². The molecule has 2 aliphatic heterocycles. The molecule has 3 N–H and O–H groups in total. The molecule has 0 aliphatic carbocycles. The van der Waals surface area contributed by atoms with Gasteiger partial charge in [0.1, 0.15) is 0 Å². The van der Waals surface area contributed by atoms with Gasteiger partial charge in [0.2, 0.25) is 5.91 Å². The van der Waals surface area contributed by atoms with Crippen LogP contribution in [0.5, 0.6) is 0 Å². The van der Waals surface area contributed by atoms with Crippen LogP contribution in [0.4, 0.5) is 31.1 Å². The van der Waals surface area contributed by atoms with Gasteiger partial charge in [0.15, 0.2) is 0 Å². The van der Waals surface area contributed by atoms with E-state index in [2.05, 4.69) is 22.3 Å². The number of ether oxygens (including phenoxy) is 1. The van der Waals surface area contributed by atoms with E-state index < -0.39 is 29.6 Å². The minimum atomic E-state index is -4.83. The van der Waals surface area contributed by atoms with Crippen LogP contribution in [0.3, 0.4) is 0 Å². The van der Waals surface area contributed by atoms with Gasteiger partial charge in [0, 0.05) is 39.3 Å². The van der Waals surface area contributed by atoms with Gasteiger partial charge in [-0.05, 0) is 74.3 Å². The van der Waals surface area contributed by atoms with E-state index in [1.54, 1.807) is 0 Å². The van der Waals surface area contributed by atoms with E-state index in [0.717, 1.165) is 45.3 Å². The number of piperidine rings is 2. The number of primary amides is 1. The molecule has 7 nitrogen and oxygen atoms in total. The molecule has 2 aliphatic rings. The zero-order chi connectivity index (χ0) is 32.5. The first-order valence-electron chi connectivity index (χ1n) is 14.6. The first-order valence-corrected chi connectivity index (χ1v) is 14.6. The fourth-order valence-corrected chi connectivity index (χ4v) is 5.51. The van der Waals surface area contributed by atoms with Crippen LogP contribution >= 0.6 is 0 Å². The van der Waals surface area contributed by atoms with Crippen molar-refractivity contribution in [2.45, 2.75) is 63.5 Å². The van der Waals surface area contributed by atoms with Crippen molar-refractivity contribution in [2.24, 2.45) is 11.7 Å². The van der Waals surface area contributed by atoms with Crippen molar-refractivity contribution in [1.29, 1.82) is 0 Å². The Labute approximate surface area is 253 Å². The molecule has 244 valence electrons. The summed E-state index contributed by atoms with van der Waals surface area (Å²) in [4.78, 5) is 27.9. The zero-order valence-electron chi connectivity index (χ0n) is 24.9. The van der Waals surface area contributed by atoms with Crippen LogP contribution in [0.25, 0.3) is 0 Å². The van der Waals surface area contributed by atoms with Crippen molar-refractivity contribution in [3.63, 3.8) is 0 Å². The number of rotatable bonds is 7. The number of hydrogen-bond acceptors (Lipinski definition) is 4. The lowest BCUT2D eigenvalue weighted by Gasteiger charge is -2.39. The summed E-state index contributed by atoms with van der Waals surface area (Å²) in [5.41, 5.74) is 3.86. The summed E-state index contributed by atoms with van der Waals surface area (Å²) in [6.07, 6.45) is -5.09. The summed E-state index contributed by atoms with van der Waals surface area (Å²) in [5.74, 6) is 0.0481. The number of carbonyl (C=O) groups is 2. The molecule has 4 rings (SSSR count). The van der Waals surface area contributed by atoms with Crippen LogP contribution in [0, 0.1) is 5.92 Å². The maximum atomic E-state index is 12.5. The highest BCUT2D eigenvalue weighted by Crippen LogP contribution is 2.38. The molecule has 2 heterocycles. The molecule has 13 heteroatoms. The molecule has 2 saturated heterocycles. The summed E-state index contributed by atoms with van der Waals surface area (Å²) in [6.45, 7) is 4.79. The van der Waals surface area contributed by atoms with Crippen LogP contribution in [0.2, 0.25) is 0 Å². The number of nitrogens with zero attached hydrogens (tertiary/aromatic N) is 2. The van der Waals surface area contributed by atoms with Gasteiger partial charge in [0.05, 0.1) is 23.8 Å². The second-order valence-electron chi connectivity index (χ2n) is 11.2. The molecule has 2 fully saturated rings. The number of amides is 3. The molecule has 0 spiro atoms. The number of nitrogens with one attached hydrogen (secondary N) is 1. The number of alkyl halides is 6. The summed E-state index contributed by atoms with van der Waals surface area (Å²) in [7, 11) is 1.21. The first-order chi connectivity index (χ1) is 20.7. The predicted molar refractivity (Wildman–Crippen MR) is 153 cm³/mol. The quantitative estimate of drug-likeness (QED) is 0.340. The Morgan fingerprint density at radius 2 is 1.55 bits per heavy atom. The minimum Gasteiger partial charge on any atom is -0.377 e. The van der Waals surface area contributed by atoms with Crippen molar-refractivity contribution < 1.29 is 40.7 Å². The number of methoxy groups -OCH3 is 1. The van der Waals surface area contributed by atoms with Gasteiger partial charge >= 0.3 is 18.4 Å². The molecule has 2 aromatic carbocycles. The third-order valence-corrected chi connectivity index (χ3v) is 7.94. The summed E-state index contributed by atoms with van der Waals surface area (Å²) in [5, 5.41) is 3.09. The fraction of sp³-hybridized carbons (Fsp3) is 0.548. The number of benzene rings is 2. The number of likely N-dealkylation sites (tertiary alicyclic amines) is 2. The first kappa shape index (κ1) is 35.2. The highest BCUT2D eigenvalue weighted by molar-refractivity contribution is 5.76. The Morgan fingerprint density at radius 3 is 2.07 bits per heavy atom. The Hall–Kier alpha value is -3.32. The normalized spacial score (nSPS) is 20.3. The Balaban J connectivity index is 0.000000259. The summed E-state index contributed by atoms with van der Waals surface area (Å²) < 4.78 is 79.7. The van der Waals surface area contributed by atoms with Gasteiger partial charge in [-0.15, -0.1) is 0 Å². The van der Waals surface area contributed by atoms with E-state index in [9.17, 15) is 35.9 Å². The van der Waals surface area contributed by atoms with E-state index >= 15 is 0 Å². The van der Waals surface area contributed by atoms with Crippen molar-refractivity contribution in [3.8, 4) is 0 Å². The lowest BCUT2D eigenvalue weighted by molar-refractivity contribution is -0.143. The molecule has 44 heavy (non-hydrogen) atoms. The van der Waals surface area contributed by atoms with E-state index in [1.807, 2.05) is 23.1 Å². The van der Waals surface area contributed by atoms with E-state index in [4.69, 9.17) is 10.5 Å². The standard InChI is InChI=1S/C20H30N4O2.C11H10F6O/c21-19(25)15-24-14-16(9-10-18(24)17-7-3-1-4-8-17)13-22-20(26)23-11-5-2-6-12-23;1-6(18-2)7-3-8(10(12,13)14)5-9(4-7)11(15,16)17/h1,3-4,7-8,16,18H,2,5-6,9-15H2,(H2,21,25)(H,22,26);3-6H,1-2H3/t16-,18+;6-/m11/s1. The molecule has 3 atom stereocenters. The van der Waals surface area contributed by atoms with Crippen LogP contribution in [0.1, 0.15) is 73.4 Å². The van der Waals surface area contributed by atoms with Crippen molar-refractivity contribution in [3.05, 3.63) is 70.8 Å². The second kappa shape index (κ2) is 15.6. The monoisotopic (exact) mass is 630 g/mol. The highest BCUT2D eigenvalue weighted by Gasteiger charge is 2.37. The smallest absolute Gasteiger partial charge is 0.377 e. The largest absolute Gasteiger partial charge is 0.416 e. The average Bonchev–Trinajstić information content (AvgIpc) is 2.99. The topological polar surface area (TPSA) is 87.9 Å². The molecule has 2 aromatic rings. The van der Waals surface area contributed by atoms with Gasteiger partial charge in [-0.25, -0.2) is 4.79 Å². The van der Waals surface area contributed by atoms with E-state index in [1.165, 1.54) is 26.0 Å². The molecular weight excluding hydrogens is 590 g/mol. The lowest BCUT2D eigenvalue weighted by Crippen LogP contribution is -2.48. The lowest BCUT2D eigenvalue weighted by atomic mass is 9.89. The Morgan fingerprint density at radius 1 is 0.955 bits per heavy atom. The highest BCUT2D eigenvalue weighted by atomic mass is 19.4. The Kier molecular flexibility index (Phi) is 12.5. The number of nitrogens with two attached hydrogens (primary N) is 1. The average molecular weight is 631 g/mol. The number of halogens is 6. The molecule has 0 radical (unpaired) electrons. The zero-order valence-corrected chi connectivity index (χ0v) is 24.9. The van der Waals surface area contributed by atoms with E-state index in [-0.39, 0.29) is 36.2 Å². The molecule has 0 unspecified atom stereocenters. The number of urea groups is 1. The minimum absolute atomic E-state index is 0.0522. The summed E-state index contributed by atoms with van der Waals surface area (Å²) >= 11 is 0. The number of carbonyl (C=O) groups excluding carboxylic acids is 2. The third kappa shape index (κ3) is 10.4. The predicted octanol–water partition coefficient (Wildman–Crippen LogP) is 6.55. The molecular formula is C31H40F6N4O3. The van der Waals surface area contributed by atoms with Crippen LogP contribution in [-0.4, -0.2) is 61.6 Å². The van der Waals surface area contributed by atoms with Crippen molar-refractivity contribution in [2.75, 3.05) is 39.8 Å². The number of hydrogen-bond donors (Lipinski definition) is 2. The third-order valence-electron chi connectivity index (χ3n) is 7.94. The fourth-order valence-electron chi connectivity index (χ4n) is 5.51. The van der Waals surface area contributed by atoms with Gasteiger partial charge in [-0.2, -0.15) is 26.3 Å². The van der Waals surface area contributed by atoms with Gasteiger partial charge < -0.3 is 20.7 Å². The molecule has 0 bridgehead atoms. The van der Waals surface area contributed by atoms with Gasteiger partial charge in [-0.1, -0.05) is 30.3 Å². The second-order valence-corrected chi connectivity index (χ2v) is 11.2. The maximum absolute atomic E-state index is 12.5. The van der Waals surface area contributed by atoms with Gasteiger partial charge in [-0.3, -0.25) is 9.69 Å². The van der Waals surface area contributed by atoms with Crippen molar-refractivity contribution in [1.82, 2.24) is 15.1 Å².